The van der Waals surface area contributed by atoms with Crippen LogP contribution in [0.2, 0.25) is 0 Å². The second-order valence-electron chi connectivity index (χ2n) is 4.52. The highest BCUT2D eigenvalue weighted by Gasteiger charge is 2.14. The Morgan fingerprint density at radius 2 is 1.83 bits per heavy atom. The fraction of sp³-hybridized carbons (Fsp3) is 0.267. The number of aryl methyl sites for hydroxylation is 2. The first-order valence-electron chi connectivity index (χ1n) is 5.93. The van der Waals surface area contributed by atoms with E-state index in [0.29, 0.717) is 0 Å². The maximum Gasteiger partial charge on any atom is 0.142 e. The van der Waals surface area contributed by atoms with Crippen LogP contribution in [0.5, 0.6) is 5.75 Å². The standard InChI is InChI=1S/C15H18N2O/c1-10-6-11(2)8-12(7-10)15(16)13-4-5-17-9-14(13)18-3/h4-9,15H,16H2,1-3H3. The predicted octanol–water partition coefficient (Wildman–Crippen LogP) is 2.76. The summed E-state index contributed by atoms with van der Waals surface area (Å²) < 4.78 is 5.31. The molecule has 1 unspecified atom stereocenters. The second kappa shape index (κ2) is 5.19. The Kier molecular flexibility index (Phi) is 3.63. The molecule has 0 saturated carbocycles. The van der Waals surface area contributed by atoms with Gasteiger partial charge in [0, 0.05) is 11.8 Å². The highest BCUT2D eigenvalue weighted by atomic mass is 16.5. The number of pyridine rings is 1. The third kappa shape index (κ3) is 2.51. The minimum atomic E-state index is -0.193. The fourth-order valence-corrected chi connectivity index (χ4v) is 2.19. The van der Waals surface area contributed by atoms with Crippen LogP contribution in [-0.2, 0) is 0 Å². The molecule has 1 aromatic heterocycles. The zero-order valence-corrected chi connectivity index (χ0v) is 11.0. The molecule has 0 aliphatic heterocycles. The summed E-state index contributed by atoms with van der Waals surface area (Å²) in [6.45, 7) is 4.15. The number of hydrogen-bond donors (Lipinski definition) is 1. The van der Waals surface area contributed by atoms with Gasteiger partial charge in [-0.15, -0.1) is 0 Å². The molecule has 1 heterocycles. The molecule has 94 valence electrons. The molecule has 2 rings (SSSR count). The molecule has 2 aromatic rings. The van der Waals surface area contributed by atoms with Gasteiger partial charge in [0.1, 0.15) is 5.75 Å². The predicted molar refractivity (Wildman–Crippen MR) is 72.7 cm³/mol. The van der Waals surface area contributed by atoms with Gasteiger partial charge in [-0.3, -0.25) is 4.98 Å². The third-order valence-electron chi connectivity index (χ3n) is 2.97. The summed E-state index contributed by atoms with van der Waals surface area (Å²) in [5.74, 6) is 0.726. The van der Waals surface area contributed by atoms with Crippen molar-refractivity contribution in [3.05, 3.63) is 58.9 Å². The summed E-state index contributed by atoms with van der Waals surface area (Å²) in [5.41, 5.74) is 10.8. The average molecular weight is 242 g/mol. The Bertz CT molecular complexity index is 532. The van der Waals surface area contributed by atoms with E-state index < -0.39 is 0 Å². The molecular weight excluding hydrogens is 224 g/mol. The molecule has 18 heavy (non-hydrogen) atoms. The number of nitrogens with two attached hydrogens (primary N) is 1. The van der Waals surface area contributed by atoms with Crippen molar-refractivity contribution in [3.8, 4) is 5.75 Å². The number of hydrogen-bond acceptors (Lipinski definition) is 3. The van der Waals surface area contributed by atoms with E-state index in [1.165, 1.54) is 11.1 Å². The lowest BCUT2D eigenvalue weighted by molar-refractivity contribution is 0.406. The topological polar surface area (TPSA) is 48.1 Å². The molecule has 1 aromatic carbocycles. The summed E-state index contributed by atoms with van der Waals surface area (Å²) in [6.07, 6.45) is 3.43. The van der Waals surface area contributed by atoms with Crippen molar-refractivity contribution in [2.75, 3.05) is 7.11 Å². The van der Waals surface area contributed by atoms with Gasteiger partial charge >= 0.3 is 0 Å². The van der Waals surface area contributed by atoms with Gasteiger partial charge in [-0.1, -0.05) is 29.3 Å². The lowest BCUT2D eigenvalue weighted by atomic mass is 9.96. The van der Waals surface area contributed by atoms with Crippen molar-refractivity contribution in [2.24, 2.45) is 5.73 Å². The number of benzene rings is 1. The van der Waals surface area contributed by atoms with Crippen LogP contribution >= 0.6 is 0 Å². The quantitative estimate of drug-likeness (QED) is 0.900. The first-order valence-corrected chi connectivity index (χ1v) is 5.93. The monoisotopic (exact) mass is 242 g/mol. The van der Waals surface area contributed by atoms with E-state index in [9.17, 15) is 0 Å². The summed E-state index contributed by atoms with van der Waals surface area (Å²) in [4.78, 5) is 4.05. The van der Waals surface area contributed by atoms with Crippen LogP contribution < -0.4 is 10.5 Å². The zero-order valence-electron chi connectivity index (χ0n) is 11.0. The molecule has 2 N–H and O–H groups in total. The SMILES string of the molecule is COc1cnccc1C(N)c1cc(C)cc(C)c1. The summed E-state index contributed by atoms with van der Waals surface area (Å²) in [6, 6.07) is 8.07. The molecule has 0 saturated heterocycles. The van der Waals surface area contributed by atoms with E-state index in [1.54, 1.807) is 19.5 Å². The van der Waals surface area contributed by atoms with Crippen LogP contribution in [-0.4, -0.2) is 12.1 Å². The van der Waals surface area contributed by atoms with Gasteiger partial charge in [0.2, 0.25) is 0 Å². The smallest absolute Gasteiger partial charge is 0.142 e. The molecule has 0 radical (unpaired) electrons. The molecule has 0 spiro atoms. The van der Waals surface area contributed by atoms with Crippen molar-refractivity contribution in [2.45, 2.75) is 19.9 Å². The first-order chi connectivity index (χ1) is 8.61. The highest BCUT2D eigenvalue weighted by molar-refractivity contribution is 5.41. The van der Waals surface area contributed by atoms with Crippen molar-refractivity contribution in [3.63, 3.8) is 0 Å². The van der Waals surface area contributed by atoms with E-state index in [4.69, 9.17) is 10.5 Å². The molecular formula is C15H18N2O. The van der Waals surface area contributed by atoms with E-state index in [2.05, 4.69) is 37.0 Å². The maximum absolute atomic E-state index is 6.32. The molecule has 0 amide bonds. The van der Waals surface area contributed by atoms with E-state index >= 15 is 0 Å². The normalized spacial score (nSPS) is 12.2. The Balaban J connectivity index is 2.44. The molecule has 0 bridgehead atoms. The van der Waals surface area contributed by atoms with E-state index in [1.807, 2.05) is 6.07 Å². The van der Waals surface area contributed by atoms with Gasteiger partial charge in [-0.2, -0.15) is 0 Å². The molecule has 0 aliphatic rings. The van der Waals surface area contributed by atoms with Crippen LogP contribution in [0.3, 0.4) is 0 Å². The highest BCUT2D eigenvalue weighted by Crippen LogP contribution is 2.28. The fourth-order valence-electron chi connectivity index (χ4n) is 2.19. The van der Waals surface area contributed by atoms with Gasteiger partial charge in [-0.25, -0.2) is 0 Å². The Morgan fingerprint density at radius 1 is 1.17 bits per heavy atom. The molecule has 0 fully saturated rings. The summed E-state index contributed by atoms with van der Waals surface area (Å²) >= 11 is 0. The Hall–Kier alpha value is -1.87. The van der Waals surface area contributed by atoms with E-state index in [0.717, 1.165) is 16.9 Å². The number of rotatable bonds is 3. The molecule has 3 heteroatoms. The van der Waals surface area contributed by atoms with Crippen LogP contribution in [0.15, 0.2) is 36.7 Å². The second-order valence-corrected chi connectivity index (χ2v) is 4.52. The van der Waals surface area contributed by atoms with Crippen LogP contribution in [0.25, 0.3) is 0 Å². The Labute approximate surface area is 108 Å². The van der Waals surface area contributed by atoms with Gasteiger partial charge in [-0.05, 0) is 25.5 Å². The molecule has 1 atom stereocenters. The van der Waals surface area contributed by atoms with Crippen molar-refractivity contribution in [1.82, 2.24) is 4.98 Å². The van der Waals surface area contributed by atoms with Gasteiger partial charge in [0.25, 0.3) is 0 Å². The number of nitrogens with zero attached hydrogens (tertiary/aromatic N) is 1. The van der Waals surface area contributed by atoms with E-state index in [-0.39, 0.29) is 6.04 Å². The van der Waals surface area contributed by atoms with Crippen molar-refractivity contribution >= 4 is 0 Å². The Morgan fingerprint density at radius 3 is 2.44 bits per heavy atom. The first kappa shape index (κ1) is 12.6. The van der Waals surface area contributed by atoms with Crippen LogP contribution in [0, 0.1) is 13.8 Å². The van der Waals surface area contributed by atoms with Gasteiger partial charge in [0.15, 0.2) is 0 Å². The lowest BCUT2D eigenvalue weighted by Crippen LogP contribution is -2.13. The van der Waals surface area contributed by atoms with Gasteiger partial charge in [0.05, 0.1) is 19.3 Å². The number of methoxy groups -OCH3 is 1. The summed E-state index contributed by atoms with van der Waals surface area (Å²) in [7, 11) is 1.63. The van der Waals surface area contributed by atoms with Crippen LogP contribution in [0.4, 0.5) is 0 Å². The largest absolute Gasteiger partial charge is 0.495 e. The minimum Gasteiger partial charge on any atom is -0.495 e. The van der Waals surface area contributed by atoms with Crippen LogP contribution in [0.1, 0.15) is 28.3 Å². The molecule has 0 aliphatic carbocycles. The van der Waals surface area contributed by atoms with Crippen molar-refractivity contribution in [1.29, 1.82) is 0 Å². The zero-order chi connectivity index (χ0) is 13.1. The summed E-state index contributed by atoms with van der Waals surface area (Å²) in [5, 5.41) is 0. The maximum atomic E-state index is 6.32. The third-order valence-corrected chi connectivity index (χ3v) is 2.97. The number of aromatic nitrogens is 1. The number of ether oxygens (including phenoxy) is 1. The lowest BCUT2D eigenvalue weighted by Gasteiger charge is -2.16. The average Bonchev–Trinajstić information content (AvgIpc) is 2.36. The van der Waals surface area contributed by atoms with Gasteiger partial charge < -0.3 is 10.5 Å². The van der Waals surface area contributed by atoms with Crippen molar-refractivity contribution < 1.29 is 4.74 Å². The minimum absolute atomic E-state index is 0.193. The molecule has 3 nitrogen and oxygen atoms in total.